The van der Waals surface area contributed by atoms with E-state index in [0.717, 1.165) is 5.39 Å². The molecule has 0 unspecified atom stereocenters. The Morgan fingerprint density at radius 3 is 2.35 bits per heavy atom. The van der Waals surface area contributed by atoms with Crippen molar-refractivity contribution >= 4 is 34.1 Å². The molecule has 3 rings (SSSR count). The number of carbonyl (C=O) groups is 2. The van der Waals surface area contributed by atoms with E-state index in [2.05, 4.69) is 15.6 Å². The standard InChI is InChI=1S/C19H17N3O4/c1-25-13-8-9-16(26-2)15(11-13)22-19(24)18(23)21-14-7-3-5-12-6-4-10-20-17(12)14/h3-11H,1-2H3,(H,21,23)(H,22,24). The lowest BCUT2D eigenvalue weighted by molar-refractivity contribution is -0.133. The van der Waals surface area contributed by atoms with Crippen molar-refractivity contribution in [3.63, 3.8) is 0 Å². The van der Waals surface area contributed by atoms with Gasteiger partial charge in [-0.25, -0.2) is 0 Å². The van der Waals surface area contributed by atoms with E-state index in [9.17, 15) is 9.59 Å². The van der Waals surface area contributed by atoms with Crippen LogP contribution in [-0.4, -0.2) is 31.0 Å². The van der Waals surface area contributed by atoms with E-state index >= 15 is 0 Å². The van der Waals surface area contributed by atoms with E-state index < -0.39 is 11.8 Å². The van der Waals surface area contributed by atoms with Crippen molar-refractivity contribution in [2.45, 2.75) is 0 Å². The van der Waals surface area contributed by atoms with Gasteiger partial charge in [0.05, 0.1) is 31.1 Å². The third kappa shape index (κ3) is 3.56. The van der Waals surface area contributed by atoms with Crippen molar-refractivity contribution < 1.29 is 19.1 Å². The van der Waals surface area contributed by atoms with Crippen molar-refractivity contribution in [3.8, 4) is 11.5 Å². The largest absolute Gasteiger partial charge is 0.497 e. The Balaban J connectivity index is 1.79. The number of fused-ring (bicyclic) bond motifs is 1. The highest BCUT2D eigenvalue weighted by Gasteiger charge is 2.17. The summed E-state index contributed by atoms with van der Waals surface area (Å²) in [6.45, 7) is 0. The zero-order valence-electron chi connectivity index (χ0n) is 14.3. The van der Waals surface area contributed by atoms with Crippen LogP contribution in [-0.2, 0) is 9.59 Å². The van der Waals surface area contributed by atoms with Crippen LogP contribution in [0.25, 0.3) is 10.9 Å². The molecule has 0 spiro atoms. The number of carbonyl (C=O) groups excluding carboxylic acids is 2. The summed E-state index contributed by atoms with van der Waals surface area (Å²) in [5, 5.41) is 5.97. The van der Waals surface area contributed by atoms with Crippen LogP contribution >= 0.6 is 0 Å². The van der Waals surface area contributed by atoms with Crippen LogP contribution in [0.5, 0.6) is 11.5 Å². The van der Waals surface area contributed by atoms with E-state index in [1.165, 1.54) is 14.2 Å². The molecule has 0 atom stereocenters. The number of hydrogen-bond acceptors (Lipinski definition) is 5. The molecule has 0 fully saturated rings. The maximum atomic E-state index is 12.3. The average molecular weight is 351 g/mol. The van der Waals surface area contributed by atoms with E-state index in [1.807, 2.05) is 12.1 Å². The van der Waals surface area contributed by atoms with E-state index in [4.69, 9.17) is 9.47 Å². The monoisotopic (exact) mass is 351 g/mol. The summed E-state index contributed by atoms with van der Waals surface area (Å²) in [6.07, 6.45) is 1.62. The van der Waals surface area contributed by atoms with Gasteiger partial charge in [-0.2, -0.15) is 0 Å². The summed E-state index contributed by atoms with van der Waals surface area (Å²) in [5.74, 6) is -0.698. The molecule has 2 N–H and O–H groups in total. The summed E-state index contributed by atoms with van der Waals surface area (Å²) >= 11 is 0. The minimum absolute atomic E-state index is 0.336. The van der Waals surface area contributed by atoms with Crippen LogP contribution in [0.4, 0.5) is 11.4 Å². The van der Waals surface area contributed by atoms with Gasteiger partial charge >= 0.3 is 11.8 Å². The third-order valence-corrected chi connectivity index (χ3v) is 3.74. The zero-order chi connectivity index (χ0) is 18.5. The summed E-state index contributed by atoms with van der Waals surface area (Å²) in [6, 6.07) is 13.9. The van der Waals surface area contributed by atoms with Gasteiger partial charge in [0, 0.05) is 17.6 Å². The Hall–Kier alpha value is -3.61. The molecule has 0 aliphatic heterocycles. The highest BCUT2D eigenvalue weighted by Crippen LogP contribution is 2.29. The van der Waals surface area contributed by atoms with Gasteiger partial charge in [-0.05, 0) is 24.3 Å². The van der Waals surface area contributed by atoms with Gasteiger partial charge in [0.1, 0.15) is 11.5 Å². The molecule has 132 valence electrons. The molecule has 3 aromatic rings. The number of amides is 2. The van der Waals surface area contributed by atoms with E-state index in [1.54, 1.807) is 42.6 Å². The Bertz CT molecular complexity index is 967. The van der Waals surface area contributed by atoms with Crippen LogP contribution in [0, 0.1) is 0 Å². The molecule has 1 aromatic heterocycles. The number of aromatic nitrogens is 1. The number of methoxy groups -OCH3 is 2. The molecule has 0 bridgehead atoms. The van der Waals surface area contributed by atoms with Gasteiger partial charge in [0.25, 0.3) is 0 Å². The number of nitrogens with zero attached hydrogens (tertiary/aromatic N) is 1. The van der Waals surface area contributed by atoms with Gasteiger partial charge < -0.3 is 20.1 Å². The number of rotatable bonds is 4. The predicted octanol–water partition coefficient (Wildman–Crippen LogP) is 2.83. The third-order valence-electron chi connectivity index (χ3n) is 3.74. The Morgan fingerprint density at radius 2 is 1.62 bits per heavy atom. The first-order valence-electron chi connectivity index (χ1n) is 7.80. The van der Waals surface area contributed by atoms with Crippen LogP contribution in [0.2, 0.25) is 0 Å². The number of hydrogen-bond donors (Lipinski definition) is 2. The normalized spacial score (nSPS) is 10.2. The van der Waals surface area contributed by atoms with Gasteiger partial charge in [0.2, 0.25) is 0 Å². The fourth-order valence-electron chi connectivity index (χ4n) is 2.47. The molecule has 0 saturated heterocycles. The van der Waals surface area contributed by atoms with Crippen LogP contribution in [0.1, 0.15) is 0 Å². The van der Waals surface area contributed by atoms with Crippen molar-refractivity contribution in [1.29, 1.82) is 0 Å². The molecular weight excluding hydrogens is 334 g/mol. The van der Waals surface area contributed by atoms with Gasteiger partial charge in [-0.15, -0.1) is 0 Å². The fraction of sp³-hybridized carbons (Fsp3) is 0.105. The maximum absolute atomic E-state index is 12.3. The lowest BCUT2D eigenvalue weighted by Crippen LogP contribution is -2.29. The molecule has 7 nitrogen and oxygen atoms in total. The van der Waals surface area contributed by atoms with E-state index in [0.29, 0.717) is 28.4 Å². The smallest absolute Gasteiger partial charge is 0.314 e. The van der Waals surface area contributed by atoms with Crippen molar-refractivity contribution in [2.75, 3.05) is 24.9 Å². The second-order valence-corrected chi connectivity index (χ2v) is 5.36. The topological polar surface area (TPSA) is 89.5 Å². The average Bonchev–Trinajstić information content (AvgIpc) is 2.68. The van der Waals surface area contributed by atoms with Crippen LogP contribution in [0.3, 0.4) is 0 Å². The first kappa shape index (κ1) is 17.2. The van der Waals surface area contributed by atoms with Crippen LogP contribution in [0.15, 0.2) is 54.7 Å². The highest BCUT2D eigenvalue weighted by molar-refractivity contribution is 6.44. The number of anilines is 2. The highest BCUT2D eigenvalue weighted by atomic mass is 16.5. The quantitative estimate of drug-likeness (QED) is 0.706. The van der Waals surface area contributed by atoms with Crippen molar-refractivity contribution in [3.05, 3.63) is 54.7 Å². The summed E-state index contributed by atoms with van der Waals surface area (Å²) in [7, 11) is 2.98. The van der Waals surface area contributed by atoms with Crippen LogP contribution < -0.4 is 20.1 Å². The molecule has 2 aromatic carbocycles. The lowest BCUT2D eigenvalue weighted by atomic mass is 10.2. The Kier molecular flexibility index (Phi) is 4.98. The molecular formula is C19H17N3O4. The van der Waals surface area contributed by atoms with Gasteiger partial charge in [0.15, 0.2) is 0 Å². The summed E-state index contributed by atoms with van der Waals surface area (Å²) in [4.78, 5) is 28.8. The summed E-state index contributed by atoms with van der Waals surface area (Å²) < 4.78 is 10.3. The number of benzene rings is 2. The molecule has 1 heterocycles. The van der Waals surface area contributed by atoms with Crippen molar-refractivity contribution in [2.24, 2.45) is 0 Å². The second kappa shape index (κ2) is 7.52. The molecule has 26 heavy (non-hydrogen) atoms. The molecule has 0 radical (unpaired) electrons. The minimum atomic E-state index is -0.829. The first-order valence-corrected chi connectivity index (χ1v) is 7.80. The second-order valence-electron chi connectivity index (χ2n) is 5.36. The van der Waals surface area contributed by atoms with Gasteiger partial charge in [-0.1, -0.05) is 18.2 Å². The molecule has 0 saturated carbocycles. The summed E-state index contributed by atoms with van der Waals surface area (Å²) in [5.41, 5.74) is 1.40. The zero-order valence-corrected chi connectivity index (χ0v) is 14.3. The molecule has 2 amide bonds. The SMILES string of the molecule is COc1ccc(OC)c(NC(=O)C(=O)Nc2cccc3cccnc23)c1. The fourth-order valence-corrected chi connectivity index (χ4v) is 2.47. The Morgan fingerprint density at radius 1 is 0.885 bits per heavy atom. The number of nitrogens with one attached hydrogen (secondary N) is 2. The number of pyridine rings is 1. The molecule has 7 heteroatoms. The van der Waals surface area contributed by atoms with Gasteiger partial charge in [-0.3, -0.25) is 14.6 Å². The lowest BCUT2D eigenvalue weighted by Gasteiger charge is -2.12. The predicted molar refractivity (Wildman–Crippen MR) is 98.5 cm³/mol. The van der Waals surface area contributed by atoms with Crippen molar-refractivity contribution in [1.82, 2.24) is 4.98 Å². The number of ether oxygens (including phenoxy) is 2. The molecule has 0 aliphatic carbocycles. The first-order chi connectivity index (χ1) is 12.6. The minimum Gasteiger partial charge on any atom is -0.497 e. The Labute approximate surface area is 149 Å². The molecule has 0 aliphatic rings. The number of para-hydroxylation sites is 1. The maximum Gasteiger partial charge on any atom is 0.314 e. The van der Waals surface area contributed by atoms with E-state index in [-0.39, 0.29) is 0 Å².